The maximum atomic E-state index is 11.8. The van der Waals surface area contributed by atoms with E-state index < -0.39 is 0 Å². The van der Waals surface area contributed by atoms with Gasteiger partial charge in [0.15, 0.2) is 0 Å². The van der Waals surface area contributed by atoms with Crippen molar-refractivity contribution in [3.05, 3.63) is 0 Å². The quantitative estimate of drug-likeness (QED) is 0.453. The third kappa shape index (κ3) is 4.59. The number of nitrogens with one attached hydrogen (secondary N) is 1. The van der Waals surface area contributed by atoms with E-state index in [4.69, 9.17) is 4.74 Å². The van der Waals surface area contributed by atoms with Crippen molar-refractivity contribution in [1.29, 1.82) is 0 Å². The van der Waals surface area contributed by atoms with Crippen molar-refractivity contribution >= 4 is 46.1 Å². The zero-order chi connectivity index (χ0) is 12.0. The second-order valence-electron chi connectivity index (χ2n) is 3.74. The first-order chi connectivity index (χ1) is 7.69. The van der Waals surface area contributed by atoms with Crippen LogP contribution < -0.4 is 4.72 Å². The van der Waals surface area contributed by atoms with Gasteiger partial charge in [-0.25, -0.2) is 0 Å². The van der Waals surface area contributed by atoms with Crippen LogP contribution in [0.2, 0.25) is 0 Å². The lowest BCUT2D eigenvalue weighted by Gasteiger charge is -2.33. The number of halogens is 1. The Balaban J connectivity index is 2.28. The molecule has 16 heavy (non-hydrogen) atoms. The van der Waals surface area contributed by atoms with Gasteiger partial charge in [-0.2, -0.15) is 0 Å². The molecule has 1 fully saturated rings. The van der Waals surface area contributed by atoms with E-state index in [-0.39, 0.29) is 12.0 Å². The summed E-state index contributed by atoms with van der Waals surface area (Å²) in [6.45, 7) is 3.46. The number of ether oxygens (including phenoxy) is 1. The predicted molar refractivity (Wildman–Crippen MR) is 78.4 cm³/mol. The Morgan fingerprint density at radius 3 is 2.69 bits per heavy atom. The van der Waals surface area contributed by atoms with Gasteiger partial charge in [-0.1, -0.05) is 0 Å². The highest BCUT2D eigenvalue weighted by atomic mass is 127. The van der Waals surface area contributed by atoms with Crippen molar-refractivity contribution in [3.8, 4) is 0 Å². The van der Waals surface area contributed by atoms with Gasteiger partial charge < -0.3 is 9.64 Å². The summed E-state index contributed by atoms with van der Waals surface area (Å²) in [5, 5.41) is 0. The largest absolute Gasteiger partial charge is 0.372 e. The summed E-state index contributed by atoms with van der Waals surface area (Å²) in [6, 6.07) is 0.522. The molecule has 1 aliphatic heterocycles. The summed E-state index contributed by atoms with van der Waals surface area (Å²) in [5.74, 6) is 0.108. The van der Waals surface area contributed by atoms with Gasteiger partial charge in [-0.3, -0.25) is 9.52 Å². The Morgan fingerprint density at radius 2 is 2.19 bits per heavy atom. The maximum Gasteiger partial charge on any atom is 0.251 e. The maximum absolute atomic E-state index is 11.8. The molecule has 0 aromatic rings. The Kier molecular flexibility index (Phi) is 7.45. The molecule has 0 radical (unpaired) electrons. The minimum atomic E-state index is -0.316. The van der Waals surface area contributed by atoms with Crippen LogP contribution in [0.25, 0.3) is 0 Å². The summed E-state index contributed by atoms with van der Waals surface area (Å²) in [6.07, 6.45) is 1.72. The molecule has 1 heterocycles. The summed E-state index contributed by atoms with van der Waals surface area (Å²) in [4.78, 5) is 13.7. The standard InChI is InChI=1S/C9H17IN2O2S2/c1-7(14-2)9(13)12-5-3-8(4-6-12)11-16-15-10/h7-8,11H,3-6H2,1-2H3. The number of carbonyl (C=O) groups is 1. The molecule has 1 unspecified atom stereocenters. The molecule has 4 nitrogen and oxygen atoms in total. The number of amides is 1. The molecule has 1 saturated heterocycles. The van der Waals surface area contributed by atoms with Gasteiger partial charge in [0.2, 0.25) is 0 Å². The van der Waals surface area contributed by atoms with E-state index in [9.17, 15) is 4.79 Å². The predicted octanol–water partition coefficient (Wildman–Crippen LogP) is 2.25. The van der Waals surface area contributed by atoms with Gasteiger partial charge in [0.1, 0.15) is 6.10 Å². The summed E-state index contributed by atoms with van der Waals surface area (Å²) in [5.41, 5.74) is 0. The highest BCUT2D eigenvalue weighted by Crippen LogP contribution is 2.27. The average Bonchev–Trinajstić information content (AvgIpc) is 2.35. The zero-order valence-electron chi connectivity index (χ0n) is 9.44. The molecule has 7 heteroatoms. The van der Waals surface area contributed by atoms with Crippen LogP contribution in [0.15, 0.2) is 0 Å². The highest BCUT2D eigenvalue weighted by Gasteiger charge is 2.25. The lowest BCUT2D eigenvalue weighted by molar-refractivity contribution is -0.142. The lowest BCUT2D eigenvalue weighted by Crippen LogP contribution is -2.46. The zero-order valence-corrected chi connectivity index (χ0v) is 13.2. The Hall–Kier alpha value is 0.820. The normalized spacial score (nSPS) is 19.8. The molecule has 0 aromatic carbocycles. The molecule has 1 rings (SSSR count). The minimum Gasteiger partial charge on any atom is -0.372 e. The first-order valence-corrected chi connectivity index (χ1v) is 9.89. The van der Waals surface area contributed by atoms with Crippen LogP contribution in [0.4, 0.5) is 0 Å². The second-order valence-corrected chi connectivity index (χ2v) is 8.38. The molecular weight excluding hydrogens is 359 g/mol. The fraction of sp³-hybridized carbons (Fsp3) is 0.889. The SMILES string of the molecule is COC(C)C(=O)N1CCC(NSSI)CC1. The third-order valence-electron chi connectivity index (χ3n) is 2.75. The Labute approximate surface area is 117 Å². The highest BCUT2D eigenvalue weighted by molar-refractivity contribution is 14.2. The van der Waals surface area contributed by atoms with E-state index >= 15 is 0 Å². The van der Waals surface area contributed by atoms with Gasteiger partial charge in [0.25, 0.3) is 5.91 Å². The van der Waals surface area contributed by atoms with Gasteiger partial charge >= 0.3 is 0 Å². The van der Waals surface area contributed by atoms with Crippen molar-refractivity contribution in [2.45, 2.75) is 31.9 Å². The van der Waals surface area contributed by atoms with Gasteiger partial charge in [-0.15, -0.1) is 0 Å². The van der Waals surface area contributed by atoms with Gasteiger partial charge in [0.05, 0.1) is 0 Å². The van der Waals surface area contributed by atoms with Gasteiger partial charge in [0, 0.05) is 47.4 Å². The molecule has 0 bridgehead atoms. The van der Waals surface area contributed by atoms with E-state index in [1.165, 1.54) is 0 Å². The second kappa shape index (κ2) is 8.02. The van der Waals surface area contributed by atoms with Crippen molar-refractivity contribution in [1.82, 2.24) is 9.62 Å². The van der Waals surface area contributed by atoms with Gasteiger partial charge in [-0.05, 0) is 38.7 Å². The molecular formula is C9H17IN2O2S2. The van der Waals surface area contributed by atoms with E-state index in [1.54, 1.807) is 33.0 Å². The smallest absolute Gasteiger partial charge is 0.251 e. The van der Waals surface area contributed by atoms with Crippen molar-refractivity contribution < 1.29 is 9.53 Å². The number of likely N-dealkylation sites (tertiary alicyclic amines) is 1. The number of hydrogen-bond acceptors (Lipinski definition) is 5. The first kappa shape index (κ1) is 14.9. The number of hydrogen-bond donors (Lipinski definition) is 1. The van der Waals surface area contributed by atoms with E-state index in [1.807, 2.05) is 4.90 Å². The Morgan fingerprint density at radius 1 is 1.56 bits per heavy atom. The molecule has 0 spiro atoms. The molecule has 1 N–H and O–H groups in total. The average molecular weight is 376 g/mol. The molecule has 1 amide bonds. The topological polar surface area (TPSA) is 41.6 Å². The van der Waals surface area contributed by atoms with Crippen LogP contribution >= 0.6 is 40.2 Å². The van der Waals surface area contributed by atoms with Crippen LogP contribution in [0.3, 0.4) is 0 Å². The third-order valence-corrected chi connectivity index (χ3v) is 5.34. The van der Waals surface area contributed by atoms with Crippen molar-refractivity contribution in [2.24, 2.45) is 0 Å². The number of rotatable bonds is 5. The van der Waals surface area contributed by atoms with Crippen LogP contribution in [0.1, 0.15) is 19.8 Å². The van der Waals surface area contributed by atoms with E-state index in [0.717, 1.165) is 25.9 Å². The van der Waals surface area contributed by atoms with Crippen LogP contribution in [-0.4, -0.2) is 43.2 Å². The number of nitrogens with zero attached hydrogens (tertiary/aromatic N) is 1. The van der Waals surface area contributed by atoms with Crippen LogP contribution in [0, 0.1) is 0 Å². The monoisotopic (exact) mass is 376 g/mol. The van der Waals surface area contributed by atoms with Crippen molar-refractivity contribution in [3.63, 3.8) is 0 Å². The number of piperidine rings is 1. The number of methoxy groups -OCH3 is 1. The van der Waals surface area contributed by atoms with E-state index in [2.05, 4.69) is 25.9 Å². The Bertz CT molecular complexity index is 226. The molecule has 0 aromatic heterocycles. The minimum absolute atomic E-state index is 0.108. The molecule has 0 saturated carbocycles. The first-order valence-electron chi connectivity index (χ1n) is 5.20. The summed E-state index contributed by atoms with van der Waals surface area (Å²) >= 11 is 2.25. The van der Waals surface area contributed by atoms with Crippen LogP contribution in [-0.2, 0) is 9.53 Å². The molecule has 94 valence electrons. The lowest BCUT2D eigenvalue weighted by atomic mass is 10.1. The summed E-state index contributed by atoms with van der Waals surface area (Å²) < 4.78 is 8.42. The molecule has 0 aliphatic carbocycles. The molecule has 1 aliphatic rings. The summed E-state index contributed by atoms with van der Waals surface area (Å²) in [7, 11) is 4.92. The van der Waals surface area contributed by atoms with Crippen molar-refractivity contribution in [2.75, 3.05) is 20.2 Å². The van der Waals surface area contributed by atoms with Crippen LogP contribution in [0.5, 0.6) is 0 Å². The fourth-order valence-corrected chi connectivity index (χ4v) is 3.52. The number of carbonyl (C=O) groups excluding carboxylic acids is 1. The fourth-order valence-electron chi connectivity index (χ4n) is 1.66. The molecule has 1 atom stereocenters. The van der Waals surface area contributed by atoms with E-state index in [0.29, 0.717) is 6.04 Å².